The summed E-state index contributed by atoms with van der Waals surface area (Å²) in [7, 11) is 1.51. The van der Waals surface area contributed by atoms with Crippen molar-refractivity contribution < 1.29 is 9.53 Å². The number of benzene rings is 1. The van der Waals surface area contributed by atoms with E-state index >= 15 is 0 Å². The molecule has 2 heterocycles. The van der Waals surface area contributed by atoms with Crippen LogP contribution in [-0.2, 0) is 11.3 Å². The molecule has 0 aliphatic heterocycles. The van der Waals surface area contributed by atoms with Crippen LogP contribution in [0, 0.1) is 13.8 Å². The number of aryl methyl sites for hydroxylation is 2. The lowest BCUT2D eigenvalue weighted by molar-refractivity contribution is -0.117. The summed E-state index contributed by atoms with van der Waals surface area (Å²) in [5.41, 5.74) is 1.82. The molecule has 2 aromatic heterocycles. The van der Waals surface area contributed by atoms with Crippen molar-refractivity contribution in [1.29, 1.82) is 0 Å². The van der Waals surface area contributed by atoms with Crippen molar-refractivity contribution in [2.45, 2.75) is 20.4 Å². The number of ether oxygens (including phenoxy) is 1. The molecule has 27 heavy (non-hydrogen) atoms. The fourth-order valence-corrected chi connectivity index (χ4v) is 2.86. The van der Waals surface area contributed by atoms with Crippen LogP contribution in [0.5, 0.6) is 5.75 Å². The smallest absolute Gasteiger partial charge is 0.267 e. The summed E-state index contributed by atoms with van der Waals surface area (Å²) >= 11 is 6.05. The summed E-state index contributed by atoms with van der Waals surface area (Å²) in [5, 5.41) is 11.6. The highest BCUT2D eigenvalue weighted by Crippen LogP contribution is 2.27. The maximum Gasteiger partial charge on any atom is 0.267 e. The highest BCUT2D eigenvalue weighted by atomic mass is 35.5. The molecule has 0 aliphatic rings. The van der Waals surface area contributed by atoms with E-state index in [0.29, 0.717) is 22.3 Å². The van der Waals surface area contributed by atoms with E-state index in [0.717, 1.165) is 16.1 Å². The Balaban J connectivity index is 1.79. The molecule has 0 radical (unpaired) electrons. The zero-order chi connectivity index (χ0) is 19.6. The van der Waals surface area contributed by atoms with E-state index in [2.05, 4.69) is 15.5 Å². The standard InChI is InChI=1S/C18H18ClN5O3/c1-11-8-12(2)24(21-11)16-6-7-18(26)23(22-16)10-17(25)20-13-4-5-15(27-3)14(19)9-13/h4-9H,10H2,1-3H3,(H,20,25). The van der Waals surface area contributed by atoms with Gasteiger partial charge >= 0.3 is 0 Å². The van der Waals surface area contributed by atoms with Crippen molar-refractivity contribution in [3.63, 3.8) is 0 Å². The maximum atomic E-state index is 12.3. The van der Waals surface area contributed by atoms with E-state index in [-0.39, 0.29) is 12.1 Å². The van der Waals surface area contributed by atoms with Gasteiger partial charge in [-0.05, 0) is 44.2 Å². The summed E-state index contributed by atoms with van der Waals surface area (Å²) in [4.78, 5) is 24.4. The second-order valence-corrected chi connectivity index (χ2v) is 6.33. The largest absolute Gasteiger partial charge is 0.495 e. The molecule has 0 saturated heterocycles. The molecule has 9 heteroatoms. The van der Waals surface area contributed by atoms with Gasteiger partial charge in [0.1, 0.15) is 12.3 Å². The zero-order valence-electron chi connectivity index (χ0n) is 15.1. The van der Waals surface area contributed by atoms with Gasteiger partial charge in [-0.1, -0.05) is 11.6 Å². The number of hydrogen-bond acceptors (Lipinski definition) is 5. The number of carbonyl (C=O) groups is 1. The van der Waals surface area contributed by atoms with Gasteiger partial charge in [-0.25, -0.2) is 9.36 Å². The van der Waals surface area contributed by atoms with E-state index < -0.39 is 5.91 Å². The van der Waals surface area contributed by atoms with Crippen LogP contribution in [0.25, 0.3) is 5.82 Å². The Bertz CT molecular complexity index is 1060. The van der Waals surface area contributed by atoms with Crippen molar-refractivity contribution in [3.8, 4) is 11.6 Å². The molecule has 1 amide bonds. The molecule has 3 aromatic rings. The minimum atomic E-state index is -0.406. The SMILES string of the molecule is COc1ccc(NC(=O)Cn2nc(-n3nc(C)cc3C)ccc2=O)cc1Cl. The summed E-state index contributed by atoms with van der Waals surface area (Å²) in [5.74, 6) is 0.557. The minimum Gasteiger partial charge on any atom is -0.495 e. The number of methoxy groups -OCH3 is 1. The molecule has 0 atom stereocenters. The van der Waals surface area contributed by atoms with E-state index in [1.54, 1.807) is 28.9 Å². The third kappa shape index (κ3) is 4.17. The van der Waals surface area contributed by atoms with Crippen LogP contribution < -0.4 is 15.6 Å². The average Bonchev–Trinajstić information content (AvgIpc) is 2.95. The van der Waals surface area contributed by atoms with Crippen molar-refractivity contribution >= 4 is 23.2 Å². The number of halogens is 1. The van der Waals surface area contributed by atoms with Crippen LogP contribution in [0.1, 0.15) is 11.4 Å². The molecular formula is C18H18ClN5O3. The number of nitrogens with zero attached hydrogens (tertiary/aromatic N) is 4. The predicted octanol–water partition coefficient (Wildman–Crippen LogP) is 2.35. The van der Waals surface area contributed by atoms with E-state index in [4.69, 9.17) is 16.3 Å². The van der Waals surface area contributed by atoms with Crippen LogP contribution in [0.4, 0.5) is 5.69 Å². The highest BCUT2D eigenvalue weighted by molar-refractivity contribution is 6.32. The maximum absolute atomic E-state index is 12.3. The first-order chi connectivity index (χ1) is 12.9. The van der Waals surface area contributed by atoms with Gasteiger partial charge in [0.2, 0.25) is 5.91 Å². The summed E-state index contributed by atoms with van der Waals surface area (Å²) < 4.78 is 7.78. The van der Waals surface area contributed by atoms with E-state index in [1.165, 1.54) is 13.2 Å². The molecule has 140 valence electrons. The molecule has 0 bridgehead atoms. The van der Waals surface area contributed by atoms with Crippen molar-refractivity contribution in [1.82, 2.24) is 19.6 Å². The topological polar surface area (TPSA) is 91.0 Å². The van der Waals surface area contributed by atoms with Crippen LogP contribution in [0.3, 0.4) is 0 Å². The molecule has 1 N–H and O–H groups in total. The number of hydrogen-bond donors (Lipinski definition) is 1. The van der Waals surface area contributed by atoms with Gasteiger partial charge in [0.15, 0.2) is 5.82 Å². The van der Waals surface area contributed by atoms with Gasteiger partial charge < -0.3 is 10.1 Å². The molecular weight excluding hydrogens is 370 g/mol. The molecule has 0 spiro atoms. The van der Waals surface area contributed by atoms with E-state index in [1.807, 2.05) is 19.9 Å². The quantitative estimate of drug-likeness (QED) is 0.725. The predicted molar refractivity (Wildman–Crippen MR) is 102 cm³/mol. The van der Waals surface area contributed by atoms with Crippen LogP contribution in [0.15, 0.2) is 41.2 Å². The summed E-state index contributed by atoms with van der Waals surface area (Å²) in [6.45, 7) is 3.51. The van der Waals surface area contributed by atoms with Gasteiger partial charge in [0, 0.05) is 17.4 Å². The monoisotopic (exact) mass is 387 g/mol. The van der Waals surface area contributed by atoms with Gasteiger partial charge in [-0.2, -0.15) is 5.10 Å². The van der Waals surface area contributed by atoms with Crippen molar-refractivity contribution in [3.05, 3.63) is 63.2 Å². The molecule has 8 nitrogen and oxygen atoms in total. The Morgan fingerprint density at radius 2 is 1.96 bits per heavy atom. The highest BCUT2D eigenvalue weighted by Gasteiger charge is 2.11. The third-order valence-electron chi connectivity index (χ3n) is 3.81. The van der Waals surface area contributed by atoms with Gasteiger partial charge in [-0.15, -0.1) is 5.10 Å². The molecule has 0 aliphatic carbocycles. The second-order valence-electron chi connectivity index (χ2n) is 5.92. The van der Waals surface area contributed by atoms with E-state index in [9.17, 15) is 9.59 Å². The third-order valence-corrected chi connectivity index (χ3v) is 4.10. The number of amides is 1. The Morgan fingerprint density at radius 3 is 2.59 bits per heavy atom. The lowest BCUT2D eigenvalue weighted by Crippen LogP contribution is -2.30. The Labute approximate surface area is 160 Å². The molecule has 3 rings (SSSR count). The lowest BCUT2D eigenvalue weighted by atomic mass is 10.3. The van der Waals surface area contributed by atoms with Crippen LogP contribution >= 0.6 is 11.6 Å². The number of anilines is 1. The van der Waals surface area contributed by atoms with Crippen LogP contribution in [0.2, 0.25) is 5.02 Å². The average molecular weight is 388 g/mol. The fourth-order valence-electron chi connectivity index (χ4n) is 2.61. The molecule has 0 unspecified atom stereocenters. The molecule has 0 saturated carbocycles. The number of aromatic nitrogens is 4. The molecule has 1 aromatic carbocycles. The Kier molecular flexibility index (Phi) is 5.27. The van der Waals surface area contributed by atoms with Crippen molar-refractivity contribution in [2.24, 2.45) is 0 Å². The van der Waals surface area contributed by atoms with Crippen LogP contribution in [-0.4, -0.2) is 32.6 Å². The van der Waals surface area contributed by atoms with Crippen molar-refractivity contribution in [2.75, 3.05) is 12.4 Å². The first-order valence-electron chi connectivity index (χ1n) is 8.12. The number of rotatable bonds is 5. The molecule has 0 fully saturated rings. The second kappa shape index (κ2) is 7.63. The normalized spacial score (nSPS) is 10.7. The Hall–Kier alpha value is -3.13. The number of carbonyl (C=O) groups excluding carboxylic acids is 1. The zero-order valence-corrected chi connectivity index (χ0v) is 15.8. The minimum absolute atomic E-state index is 0.240. The Morgan fingerprint density at radius 1 is 1.19 bits per heavy atom. The first kappa shape index (κ1) is 18.7. The fraction of sp³-hybridized carbons (Fsp3) is 0.222. The lowest BCUT2D eigenvalue weighted by Gasteiger charge is -2.10. The summed E-state index contributed by atoms with van der Waals surface area (Å²) in [6, 6.07) is 9.70. The van der Waals surface area contributed by atoms with Gasteiger partial charge in [-0.3, -0.25) is 9.59 Å². The summed E-state index contributed by atoms with van der Waals surface area (Å²) in [6.07, 6.45) is 0. The number of nitrogens with one attached hydrogen (secondary N) is 1. The first-order valence-corrected chi connectivity index (χ1v) is 8.50. The van der Waals surface area contributed by atoms with Gasteiger partial charge in [0.05, 0.1) is 17.8 Å². The van der Waals surface area contributed by atoms with Gasteiger partial charge in [0.25, 0.3) is 5.56 Å².